The Bertz CT molecular complexity index is 1570. The molecule has 0 aliphatic heterocycles. The zero-order valence-corrected chi connectivity index (χ0v) is 33.4. The van der Waals surface area contributed by atoms with E-state index in [4.69, 9.17) is 16.3 Å². The summed E-state index contributed by atoms with van der Waals surface area (Å²) in [6.07, 6.45) is 10.3. The average molecular weight is 722 g/mol. The number of esters is 1. The fourth-order valence-corrected chi connectivity index (χ4v) is 14.0. The van der Waals surface area contributed by atoms with Crippen molar-refractivity contribution in [2.45, 2.75) is 145 Å². The molecular weight excluding hydrogens is 658 g/mol. The van der Waals surface area contributed by atoms with Gasteiger partial charge in [0.2, 0.25) is 5.91 Å². The number of rotatable bonds is 9. The third kappa shape index (κ3) is 6.19. The molecule has 1 aromatic rings. The first-order valence-corrected chi connectivity index (χ1v) is 20.2. The maximum atomic E-state index is 14.5. The summed E-state index contributed by atoms with van der Waals surface area (Å²) in [4.78, 5) is 39.1. The van der Waals surface area contributed by atoms with Crippen molar-refractivity contribution >= 4 is 29.4 Å². The molecule has 0 saturated heterocycles. The minimum atomic E-state index is -0.890. The molecule has 7 heteroatoms. The van der Waals surface area contributed by atoms with Crippen molar-refractivity contribution in [1.82, 2.24) is 5.32 Å². The molecule has 282 valence electrons. The van der Waals surface area contributed by atoms with Crippen LogP contribution in [0.4, 0.5) is 0 Å². The first-order valence-electron chi connectivity index (χ1n) is 19.8. The molecule has 6 rings (SSSR count). The lowest BCUT2D eigenvalue weighted by molar-refractivity contribution is -0.249. The molecule has 6 nitrogen and oxygen atoms in total. The lowest BCUT2D eigenvalue weighted by Crippen LogP contribution is -2.67. The van der Waals surface area contributed by atoms with Crippen molar-refractivity contribution in [2.75, 3.05) is 0 Å². The highest BCUT2D eigenvalue weighted by molar-refractivity contribution is 6.31. The number of benzene rings is 1. The lowest BCUT2D eigenvalue weighted by atomic mass is 9.32. The zero-order valence-electron chi connectivity index (χ0n) is 32.6. The average Bonchev–Trinajstić information content (AvgIpc) is 3.43. The van der Waals surface area contributed by atoms with Crippen molar-refractivity contribution in [1.29, 1.82) is 0 Å². The molecule has 5 fully saturated rings. The van der Waals surface area contributed by atoms with Crippen LogP contribution in [-0.4, -0.2) is 29.1 Å². The number of amides is 1. The van der Waals surface area contributed by atoms with Gasteiger partial charge < -0.3 is 15.2 Å². The minimum Gasteiger partial charge on any atom is -0.481 e. The Morgan fingerprint density at radius 1 is 0.902 bits per heavy atom. The maximum absolute atomic E-state index is 14.5. The van der Waals surface area contributed by atoms with Crippen LogP contribution in [0.15, 0.2) is 36.4 Å². The van der Waals surface area contributed by atoms with Crippen molar-refractivity contribution in [3.8, 4) is 0 Å². The van der Waals surface area contributed by atoms with Crippen LogP contribution >= 0.6 is 11.6 Å². The van der Waals surface area contributed by atoms with Crippen LogP contribution in [0.3, 0.4) is 0 Å². The molecular formula is C44H64ClNO5. The van der Waals surface area contributed by atoms with Crippen LogP contribution in [0.5, 0.6) is 0 Å². The Kier molecular flexibility index (Phi) is 9.94. The fraction of sp³-hybridized carbons (Fsp3) is 0.750. The van der Waals surface area contributed by atoms with Crippen LogP contribution in [0, 0.1) is 62.1 Å². The van der Waals surface area contributed by atoms with E-state index in [2.05, 4.69) is 53.4 Å². The molecule has 1 aromatic carbocycles. The Morgan fingerprint density at radius 3 is 2.27 bits per heavy atom. The highest BCUT2D eigenvalue weighted by atomic mass is 35.5. The number of carbonyl (C=O) groups is 3. The molecule has 0 heterocycles. The summed E-state index contributed by atoms with van der Waals surface area (Å²) in [5.74, 6) is 1.14. The summed E-state index contributed by atoms with van der Waals surface area (Å²) < 4.78 is 6.27. The van der Waals surface area contributed by atoms with E-state index in [-0.39, 0.29) is 57.9 Å². The van der Waals surface area contributed by atoms with Gasteiger partial charge in [-0.15, -0.1) is 0 Å². The highest BCUT2D eigenvalue weighted by Crippen LogP contribution is 2.77. The van der Waals surface area contributed by atoms with Crippen LogP contribution < -0.4 is 5.32 Å². The van der Waals surface area contributed by atoms with Gasteiger partial charge in [-0.3, -0.25) is 14.4 Å². The van der Waals surface area contributed by atoms with Gasteiger partial charge in [-0.2, -0.15) is 0 Å². The van der Waals surface area contributed by atoms with E-state index in [1.54, 1.807) is 0 Å². The van der Waals surface area contributed by atoms with Gasteiger partial charge in [0.25, 0.3) is 0 Å². The molecule has 5 aliphatic rings. The molecule has 0 spiro atoms. The maximum Gasteiger partial charge on any atom is 0.306 e. The van der Waals surface area contributed by atoms with E-state index in [1.807, 2.05) is 38.1 Å². The van der Waals surface area contributed by atoms with E-state index >= 15 is 0 Å². The van der Waals surface area contributed by atoms with Gasteiger partial charge >= 0.3 is 11.9 Å². The molecule has 51 heavy (non-hydrogen) atoms. The predicted molar refractivity (Wildman–Crippen MR) is 203 cm³/mol. The monoisotopic (exact) mass is 721 g/mol. The van der Waals surface area contributed by atoms with Gasteiger partial charge in [0, 0.05) is 17.0 Å². The van der Waals surface area contributed by atoms with Gasteiger partial charge in [-0.05, 0) is 134 Å². The first kappa shape index (κ1) is 38.4. The standard InChI is InChI=1S/C44H64ClNO5/c1-27(2)29-16-21-44(38(50)46-26-28-12-10-11-13-31(28)45)23-22-42(8)30(37(29)44)14-15-33-41(7)19-18-34(40(5,6)32(41)17-20-43(33,42)9)51-36(49)25-39(3,4)24-35(47)48/h10-13,29-30,32-34,37H,1,14-26H2,2-9H3,(H,46,50)(H,47,48)/t29-,30+,32-,33+,34-,37?,41-,42+,43+,44-/m0/s1. The molecule has 0 aromatic heterocycles. The summed E-state index contributed by atoms with van der Waals surface area (Å²) in [6, 6.07) is 7.80. The number of hydrogen-bond acceptors (Lipinski definition) is 4. The van der Waals surface area contributed by atoms with Gasteiger partial charge in [0.15, 0.2) is 0 Å². The van der Waals surface area contributed by atoms with Gasteiger partial charge in [-0.1, -0.05) is 90.4 Å². The van der Waals surface area contributed by atoms with Crippen molar-refractivity contribution in [2.24, 2.45) is 62.1 Å². The summed E-state index contributed by atoms with van der Waals surface area (Å²) in [7, 11) is 0. The largest absolute Gasteiger partial charge is 0.481 e. The van der Waals surface area contributed by atoms with Crippen molar-refractivity contribution in [3.63, 3.8) is 0 Å². The van der Waals surface area contributed by atoms with Crippen LogP contribution in [-0.2, 0) is 25.7 Å². The quantitative estimate of drug-likeness (QED) is 0.196. The molecule has 1 amide bonds. The number of aliphatic carboxylic acids is 1. The van der Waals surface area contributed by atoms with Gasteiger partial charge in [0.05, 0.1) is 18.3 Å². The summed E-state index contributed by atoms with van der Waals surface area (Å²) >= 11 is 6.50. The topological polar surface area (TPSA) is 92.7 Å². The molecule has 5 saturated carbocycles. The van der Waals surface area contributed by atoms with E-state index in [0.717, 1.165) is 63.4 Å². The summed E-state index contributed by atoms with van der Waals surface area (Å²) in [6.45, 7) is 23.2. The third-order valence-corrected chi connectivity index (χ3v) is 16.8. The zero-order chi connectivity index (χ0) is 37.4. The SMILES string of the molecule is C=C(C)[C@@H]1CC[C@]2(C(=O)NCc3ccccc3Cl)CC[C@]3(C)[C@H](CC[C@@H]4[C@@]5(C)CC[C@H](OC(=O)CC(C)(C)CC(=O)O)C(C)(C)[C@@H]5CC[C@]43C)C12. The predicted octanol–water partition coefficient (Wildman–Crippen LogP) is 10.4. The Morgan fingerprint density at radius 2 is 1.61 bits per heavy atom. The van der Waals surface area contributed by atoms with E-state index in [9.17, 15) is 19.5 Å². The summed E-state index contributed by atoms with van der Waals surface area (Å²) in [5, 5.41) is 13.4. The number of carboxylic acids is 1. The number of carboxylic acid groups (broad SMARTS) is 1. The molecule has 10 atom stereocenters. The molecule has 1 unspecified atom stereocenters. The Labute approximate surface area is 312 Å². The van der Waals surface area contributed by atoms with E-state index in [1.165, 1.54) is 12.0 Å². The number of nitrogens with one attached hydrogen (secondary N) is 1. The third-order valence-electron chi connectivity index (χ3n) is 16.4. The second-order valence-electron chi connectivity index (χ2n) is 19.9. The Balaban J connectivity index is 1.24. The first-order chi connectivity index (χ1) is 23.7. The minimum absolute atomic E-state index is 0.0563. The number of carbonyl (C=O) groups excluding carboxylic acids is 2. The normalized spacial score (nSPS) is 39.8. The molecule has 0 bridgehead atoms. The van der Waals surface area contributed by atoms with Crippen LogP contribution in [0.1, 0.15) is 138 Å². The Hall–Kier alpha value is -2.34. The van der Waals surface area contributed by atoms with Crippen molar-refractivity contribution < 1.29 is 24.2 Å². The van der Waals surface area contributed by atoms with Crippen LogP contribution in [0.25, 0.3) is 0 Å². The molecule has 5 aliphatic carbocycles. The lowest BCUT2D eigenvalue weighted by Gasteiger charge is -2.72. The van der Waals surface area contributed by atoms with E-state index < -0.39 is 11.4 Å². The summed E-state index contributed by atoms with van der Waals surface area (Å²) in [5.41, 5.74) is 1.37. The van der Waals surface area contributed by atoms with E-state index in [0.29, 0.717) is 41.2 Å². The number of halogens is 1. The highest BCUT2D eigenvalue weighted by Gasteiger charge is 2.72. The smallest absolute Gasteiger partial charge is 0.306 e. The molecule has 2 N–H and O–H groups in total. The number of ether oxygens (including phenoxy) is 1. The second-order valence-corrected chi connectivity index (χ2v) is 20.3. The number of fused-ring (bicyclic) bond motifs is 7. The van der Waals surface area contributed by atoms with Gasteiger partial charge in [0.1, 0.15) is 6.10 Å². The number of hydrogen-bond donors (Lipinski definition) is 2. The van der Waals surface area contributed by atoms with Crippen LogP contribution in [0.2, 0.25) is 5.02 Å². The second kappa shape index (κ2) is 13.2. The van der Waals surface area contributed by atoms with Crippen molar-refractivity contribution in [3.05, 3.63) is 47.0 Å². The number of allylic oxidation sites excluding steroid dienone is 1. The van der Waals surface area contributed by atoms with Gasteiger partial charge in [-0.25, -0.2) is 0 Å². The molecule has 0 radical (unpaired) electrons. The fourth-order valence-electron chi connectivity index (χ4n) is 13.8.